The molecule has 0 saturated heterocycles. The third-order valence-corrected chi connectivity index (χ3v) is 0.546. The van der Waals surface area contributed by atoms with E-state index in [1.807, 2.05) is 0 Å². The Morgan fingerprint density at radius 2 is 1.89 bits per heavy atom. The molecule has 0 aliphatic heterocycles. The predicted octanol–water partition coefficient (Wildman–Crippen LogP) is 0.484. The SMILES string of the molecule is CCC(=O)OC(C)=O.[Zr]. The van der Waals surface area contributed by atoms with E-state index in [4.69, 9.17) is 0 Å². The maximum Gasteiger partial charge on any atom is 0.313 e. The van der Waals surface area contributed by atoms with Gasteiger partial charge in [-0.05, 0) is 0 Å². The average Bonchev–Trinajstić information content (AvgIpc) is 1.65. The fraction of sp³-hybridized carbons (Fsp3) is 0.600. The fourth-order valence-corrected chi connectivity index (χ4v) is 0.232. The number of esters is 2. The molecule has 0 atom stereocenters. The Morgan fingerprint density at radius 1 is 1.44 bits per heavy atom. The topological polar surface area (TPSA) is 43.4 Å². The second-order valence-corrected chi connectivity index (χ2v) is 1.32. The van der Waals surface area contributed by atoms with Crippen LogP contribution in [0, 0.1) is 0 Å². The van der Waals surface area contributed by atoms with Gasteiger partial charge in [-0.15, -0.1) is 0 Å². The molecule has 0 amide bonds. The number of hydrogen-bond donors (Lipinski definition) is 0. The van der Waals surface area contributed by atoms with Crippen molar-refractivity contribution in [3.8, 4) is 0 Å². The van der Waals surface area contributed by atoms with Gasteiger partial charge in [0.25, 0.3) is 0 Å². The van der Waals surface area contributed by atoms with Crippen LogP contribution in [0.1, 0.15) is 20.3 Å². The zero-order chi connectivity index (χ0) is 6.57. The first-order valence-electron chi connectivity index (χ1n) is 2.38. The van der Waals surface area contributed by atoms with Gasteiger partial charge in [-0.25, -0.2) is 0 Å². The second-order valence-electron chi connectivity index (χ2n) is 1.32. The number of carbonyl (C=O) groups is 2. The van der Waals surface area contributed by atoms with Crippen molar-refractivity contribution in [2.24, 2.45) is 0 Å². The van der Waals surface area contributed by atoms with Crippen LogP contribution in [0.15, 0.2) is 0 Å². The summed E-state index contributed by atoms with van der Waals surface area (Å²) in [7, 11) is 0. The molecule has 0 saturated carbocycles. The fourth-order valence-electron chi connectivity index (χ4n) is 0.232. The Hall–Kier alpha value is 0.0231. The number of carbonyl (C=O) groups excluding carboxylic acids is 2. The molecule has 0 N–H and O–H groups in total. The number of hydrogen-bond acceptors (Lipinski definition) is 3. The van der Waals surface area contributed by atoms with Gasteiger partial charge in [0.05, 0.1) is 0 Å². The minimum atomic E-state index is -0.545. The van der Waals surface area contributed by atoms with Crippen molar-refractivity contribution >= 4 is 11.9 Å². The molecule has 0 aromatic heterocycles. The van der Waals surface area contributed by atoms with Gasteiger partial charge in [-0.3, -0.25) is 9.59 Å². The van der Waals surface area contributed by atoms with Crippen molar-refractivity contribution < 1.29 is 40.5 Å². The van der Waals surface area contributed by atoms with Crippen LogP contribution in [0.5, 0.6) is 0 Å². The summed E-state index contributed by atoms with van der Waals surface area (Å²) in [6.45, 7) is 2.83. The van der Waals surface area contributed by atoms with Gasteiger partial charge in [0.2, 0.25) is 0 Å². The quantitative estimate of drug-likeness (QED) is 0.464. The van der Waals surface area contributed by atoms with Crippen LogP contribution in [0.4, 0.5) is 0 Å². The maximum atomic E-state index is 10.2. The van der Waals surface area contributed by atoms with Gasteiger partial charge in [0.1, 0.15) is 0 Å². The zero-order valence-corrected chi connectivity index (χ0v) is 7.89. The minimum Gasteiger partial charge on any atom is -0.393 e. The molecule has 4 heteroatoms. The van der Waals surface area contributed by atoms with E-state index in [2.05, 4.69) is 4.74 Å². The van der Waals surface area contributed by atoms with Gasteiger partial charge >= 0.3 is 11.9 Å². The molecule has 0 bridgehead atoms. The van der Waals surface area contributed by atoms with E-state index in [0.29, 0.717) is 0 Å². The second kappa shape index (κ2) is 6.15. The minimum absolute atomic E-state index is 0. The molecule has 0 radical (unpaired) electrons. The molecular weight excluding hydrogens is 199 g/mol. The van der Waals surface area contributed by atoms with Crippen LogP contribution < -0.4 is 0 Å². The van der Waals surface area contributed by atoms with Crippen LogP contribution in [0.3, 0.4) is 0 Å². The van der Waals surface area contributed by atoms with Crippen LogP contribution in [0.25, 0.3) is 0 Å². The summed E-state index contributed by atoms with van der Waals surface area (Å²) >= 11 is 0. The summed E-state index contributed by atoms with van der Waals surface area (Å²) in [6.07, 6.45) is 0.250. The van der Waals surface area contributed by atoms with E-state index < -0.39 is 11.9 Å². The molecular formula is C5H8O3Zr. The Labute approximate surface area is 72.9 Å². The van der Waals surface area contributed by atoms with Crippen LogP contribution in [0.2, 0.25) is 0 Å². The first-order valence-corrected chi connectivity index (χ1v) is 2.38. The average molecular weight is 207 g/mol. The van der Waals surface area contributed by atoms with Gasteiger partial charge in [-0.2, -0.15) is 0 Å². The van der Waals surface area contributed by atoms with Crippen molar-refractivity contribution in [3.63, 3.8) is 0 Å². The van der Waals surface area contributed by atoms with Crippen LogP contribution in [-0.2, 0) is 40.5 Å². The maximum absolute atomic E-state index is 10.2. The smallest absolute Gasteiger partial charge is 0.313 e. The Morgan fingerprint density at radius 3 is 2.00 bits per heavy atom. The third kappa shape index (κ3) is 8.02. The summed E-state index contributed by atoms with van der Waals surface area (Å²) < 4.78 is 4.12. The summed E-state index contributed by atoms with van der Waals surface area (Å²) in [4.78, 5) is 20.1. The van der Waals surface area contributed by atoms with Crippen molar-refractivity contribution in [1.29, 1.82) is 0 Å². The first-order chi connectivity index (χ1) is 3.66. The summed E-state index contributed by atoms with van der Waals surface area (Å²) in [5, 5.41) is 0. The molecule has 0 unspecified atom stereocenters. The van der Waals surface area contributed by atoms with Crippen molar-refractivity contribution in [2.45, 2.75) is 20.3 Å². The van der Waals surface area contributed by atoms with E-state index in [1.54, 1.807) is 6.92 Å². The zero-order valence-electron chi connectivity index (χ0n) is 5.43. The normalized spacial score (nSPS) is 7.33. The van der Waals surface area contributed by atoms with Crippen molar-refractivity contribution in [2.75, 3.05) is 0 Å². The molecule has 9 heavy (non-hydrogen) atoms. The summed E-state index contributed by atoms with van der Waals surface area (Å²) in [5.74, 6) is -1.02. The van der Waals surface area contributed by atoms with Crippen molar-refractivity contribution in [1.82, 2.24) is 0 Å². The molecule has 0 aromatic carbocycles. The molecule has 3 nitrogen and oxygen atoms in total. The monoisotopic (exact) mass is 206 g/mol. The third-order valence-electron chi connectivity index (χ3n) is 0.546. The van der Waals surface area contributed by atoms with Crippen LogP contribution in [-0.4, -0.2) is 11.9 Å². The molecule has 0 rings (SSSR count). The van der Waals surface area contributed by atoms with Gasteiger partial charge in [0.15, 0.2) is 0 Å². The Balaban J connectivity index is 0. The standard InChI is InChI=1S/C5H8O3.Zr/c1-3-5(7)8-4(2)6;/h3H2,1-2H3;. The van der Waals surface area contributed by atoms with Crippen LogP contribution >= 0.6 is 0 Å². The largest absolute Gasteiger partial charge is 0.393 e. The predicted molar refractivity (Wildman–Crippen MR) is 27.1 cm³/mol. The summed E-state index contributed by atoms with van der Waals surface area (Å²) in [5.41, 5.74) is 0. The molecule has 0 aliphatic rings. The number of ether oxygens (including phenoxy) is 1. The molecule has 50 valence electrons. The van der Waals surface area contributed by atoms with Gasteiger partial charge < -0.3 is 4.74 Å². The molecule has 0 aromatic rings. The van der Waals surface area contributed by atoms with Crippen molar-refractivity contribution in [3.05, 3.63) is 0 Å². The van der Waals surface area contributed by atoms with E-state index in [1.165, 1.54) is 6.92 Å². The Kier molecular flexibility index (Phi) is 8.04. The van der Waals surface area contributed by atoms with E-state index in [9.17, 15) is 9.59 Å². The molecule has 0 aliphatic carbocycles. The van der Waals surface area contributed by atoms with Gasteiger partial charge in [0, 0.05) is 39.5 Å². The van der Waals surface area contributed by atoms with E-state index in [0.717, 1.165) is 0 Å². The molecule has 0 heterocycles. The number of rotatable bonds is 1. The summed E-state index contributed by atoms with van der Waals surface area (Å²) in [6, 6.07) is 0. The molecule has 0 fully saturated rings. The van der Waals surface area contributed by atoms with E-state index >= 15 is 0 Å². The Bertz CT molecular complexity index is 111. The van der Waals surface area contributed by atoms with Gasteiger partial charge in [-0.1, -0.05) is 6.92 Å². The first kappa shape index (κ1) is 11.8. The van der Waals surface area contributed by atoms with E-state index in [-0.39, 0.29) is 32.6 Å². The molecule has 0 spiro atoms.